The first kappa shape index (κ1) is 13.6. The third-order valence-corrected chi connectivity index (χ3v) is 3.18. The second-order valence-corrected chi connectivity index (χ2v) is 5.07. The van der Waals surface area contributed by atoms with E-state index < -0.39 is 0 Å². The van der Waals surface area contributed by atoms with Crippen LogP contribution in [0.2, 0.25) is 0 Å². The molecule has 0 amide bonds. The highest BCUT2D eigenvalue weighted by atomic mass is 16.4. The van der Waals surface area contributed by atoms with E-state index in [9.17, 15) is 0 Å². The predicted octanol–water partition coefficient (Wildman–Crippen LogP) is 1.61. The van der Waals surface area contributed by atoms with E-state index >= 15 is 0 Å². The number of aromatic nitrogens is 4. The molecular weight excluding hydrogens is 268 g/mol. The molecule has 0 unspecified atom stereocenters. The molecule has 0 atom stereocenters. The Labute approximate surface area is 122 Å². The van der Waals surface area contributed by atoms with Crippen LogP contribution in [0.25, 0.3) is 11.0 Å². The first-order valence-electron chi connectivity index (χ1n) is 6.79. The van der Waals surface area contributed by atoms with Gasteiger partial charge < -0.3 is 19.6 Å². The molecule has 2 heterocycles. The van der Waals surface area contributed by atoms with Gasteiger partial charge in [-0.05, 0) is 31.7 Å². The van der Waals surface area contributed by atoms with Crippen molar-refractivity contribution in [1.29, 1.82) is 0 Å². The lowest BCUT2D eigenvalue weighted by Crippen LogP contribution is -2.17. The number of benzene rings is 1. The van der Waals surface area contributed by atoms with Gasteiger partial charge >= 0.3 is 6.01 Å². The molecule has 0 radical (unpaired) electrons. The maximum Gasteiger partial charge on any atom is 0.318 e. The summed E-state index contributed by atoms with van der Waals surface area (Å²) >= 11 is 0. The Morgan fingerprint density at radius 1 is 1.33 bits per heavy atom. The smallest absolute Gasteiger partial charge is 0.318 e. The van der Waals surface area contributed by atoms with E-state index in [1.54, 1.807) is 0 Å². The first-order chi connectivity index (χ1) is 10.2. The lowest BCUT2D eigenvalue weighted by Gasteiger charge is -2.11. The number of anilines is 1. The van der Waals surface area contributed by atoms with E-state index in [-0.39, 0.29) is 0 Å². The summed E-state index contributed by atoms with van der Waals surface area (Å²) in [5.41, 5.74) is 3.21. The molecular formula is C14H18N6O. The zero-order valence-electron chi connectivity index (χ0n) is 12.3. The highest BCUT2D eigenvalue weighted by Gasteiger charge is 2.12. The molecule has 0 aliphatic carbocycles. The minimum absolute atomic E-state index is 0.483. The molecule has 0 bridgehead atoms. The van der Waals surface area contributed by atoms with Gasteiger partial charge in [0, 0.05) is 7.05 Å². The summed E-state index contributed by atoms with van der Waals surface area (Å²) in [4.78, 5) is 9.75. The van der Waals surface area contributed by atoms with Gasteiger partial charge in [0.1, 0.15) is 5.82 Å². The molecule has 7 heteroatoms. The minimum atomic E-state index is 0.483. The average Bonchev–Trinajstić information content (AvgIpc) is 3.05. The van der Waals surface area contributed by atoms with Gasteiger partial charge in [-0.3, -0.25) is 0 Å². The van der Waals surface area contributed by atoms with Crippen LogP contribution in [0.3, 0.4) is 0 Å². The van der Waals surface area contributed by atoms with Crippen molar-refractivity contribution < 1.29 is 4.42 Å². The molecule has 2 aromatic heterocycles. The van der Waals surface area contributed by atoms with Crippen LogP contribution in [0.5, 0.6) is 0 Å². The standard InChI is InChI=1S/C14H18N6O/c1-9-4-5-10-11(6-9)17-12(16-10)8-20(3)14-19-18-13(21-14)7-15-2/h4-6,15H,7-8H2,1-3H3,(H,16,17). The normalized spacial score (nSPS) is 11.2. The maximum absolute atomic E-state index is 5.55. The van der Waals surface area contributed by atoms with E-state index in [0.717, 1.165) is 16.9 Å². The lowest BCUT2D eigenvalue weighted by atomic mass is 10.2. The number of rotatable bonds is 5. The Morgan fingerprint density at radius 3 is 3.00 bits per heavy atom. The number of H-pyrrole nitrogens is 1. The number of aromatic amines is 1. The highest BCUT2D eigenvalue weighted by Crippen LogP contribution is 2.16. The number of nitrogens with one attached hydrogen (secondary N) is 2. The molecule has 110 valence electrons. The van der Waals surface area contributed by atoms with Crippen molar-refractivity contribution in [3.8, 4) is 0 Å². The zero-order valence-corrected chi connectivity index (χ0v) is 12.3. The Balaban J connectivity index is 1.76. The monoisotopic (exact) mass is 286 g/mol. The van der Waals surface area contributed by atoms with Crippen LogP contribution in [0.15, 0.2) is 22.6 Å². The lowest BCUT2D eigenvalue weighted by molar-refractivity contribution is 0.475. The predicted molar refractivity (Wildman–Crippen MR) is 80.0 cm³/mol. The van der Waals surface area contributed by atoms with Gasteiger partial charge in [-0.15, -0.1) is 5.10 Å². The van der Waals surface area contributed by atoms with E-state index in [0.29, 0.717) is 25.0 Å². The quantitative estimate of drug-likeness (QED) is 0.741. The topological polar surface area (TPSA) is 82.9 Å². The molecule has 7 nitrogen and oxygen atoms in total. The summed E-state index contributed by atoms with van der Waals surface area (Å²) in [6, 6.07) is 6.64. The van der Waals surface area contributed by atoms with Crippen LogP contribution in [0, 0.1) is 6.92 Å². The zero-order chi connectivity index (χ0) is 14.8. The third-order valence-electron chi connectivity index (χ3n) is 3.18. The molecule has 0 saturated carbocycles. The van der Waals surface area contributed by atoms with Crippen LogP contribution in [-0.4, -0.2) is 34.3 Å². The highest BCUT2D eigenvalue weighted by molar-refractivity contribution is 5.75. The van der Waals surface area contributed by atoms with Crippen molar-refractivity contribution >= 4 is 17.0 Å². The first-order valence-corrected chi connectivity index (χ1v) is 6.79. The summed E-state index contributed by atoms with van der Waals surface area (Å²) in [5, 5.41) is 11.0. The van der Waals surface area contributed by atoms with Crippen LogP contribution in [0.1, 0.15) is 17.3 Å². The van der Waals surface area contributed by atoms with Crippen LogP contribution >= 0.6 is 0 Å². The fourth-order valence-corrected chi connectivity index (χ4v) is 2.17. The van der Waals surface area contributed by atoms with Crippen molar-refractivity contribution in [2.75, 3.05) is 19.0 Å². The number of hydrogen-bond donors (Lipinski definition) is 2. The van der Waals surface area contributed by atoms with Gasteiger partial charge in [0.25, 0.3) is 0 Å². The van der Waals surface area contributed by atoms with E-state index in [1.165, 1.54) is 5.56 Å². The molecule has 0 aliphatic heterocycles. The fourth-order valence-electron chi connectivity index (χ4n) is 2.17. The summed E-state index contributed by atoms with van der Waals surface area (Å²) in [6.45, 7) is 3.20. The molecule has 0 saturated heterocycles. The van der Waals surface area contributed by atoms with Gasteiger partial charge in [-0.2, -0.15) is 0 Å². The van der Waals surface area contributed by atoms with Crippen molar-refractivity contribution in [2.24, 2.45) is 0 Å². The van der Waals surface area contributed by atoms with E-state index in [1.807, 2.05) is 25.1 Å². The SMILES string of the molecule is CNCc1nnc(N(C)Cc2nc3ccc(C)cc3[nH]2)o1. The molecule has 2 N–H and O–H groups in total. The average molecular weight is 286 g/mol. The van der Waals surface area contributed by atoms with Crippen molar-refractivity contribution in [2.45, 2.75) is 20.0 Å². The van der Waals surface area contributed by atoms with Crippen molar-refractivity contribution in [3.63, 3.8) is 0 Å². The molecule has 21 heavy (non-hydrogen) atoms. The van der Waals surface area contributed by atoms with Gasteiger partial charge in [0.05, 0.1) is 24.1 Å². The van der Waals surface area contributed by atoms with Crippen molar-refractivity contribution in [1.82, 2.24) is 25.5 Å². The van der Waals surface area contributed by atoms with Crippen molar-refractivity contribution in [3.05, 3.63) is 35.5 Å². The Hall–Kier alpha value is -2.41. The van der Waals surface area contributed by atoms with Gasteiger partial charge in [-0.1, -0.05) is 11.2 Å². The summed E-state index contributed by atoms with van der Waals surface area (Å²) < 4.78 is 5.55. The number of imidazole rings is 1. The number of fused-ring (bicyclic) bond motifs is 1. The molecule has 3 rings (SSSR count). The Morgan fingerprint density at radius 2 is 2.19 bits per heavy atom. The third kappa shape index (κ3) is 2.87. The summed E-state index contributed by atoms with van der Waals surface area (Å²) in [7, 11) is 3.74. The number of nitrogens with zero attached hydrogens (tertiary/aromatic N) is 4. The largest absolute Gasteiger partial charge is 0.407 e. The molecule has 0 fully saturated rings. The molecule has 0 spiro atoms. The summed E-state index contributed by atoms with van der Waals surface area (Å²) in [6.07, 6.45) is 0. The Kier molecular flexibility index (Phi) is 3.57. The Bertz CT molecular complexity index is 747. The van der Waals surface area contributed by atoms with E-state index in [2.05, 4.69) is 44.5 Å². The maximum atomic E-state index is 5.55. The molecule has 1 aromatic carbocycles. The summed E-state index contributed by atoms with van der Waals surface area (Å²) in [5.74, 6) is 1.44. The molecule has 0 aliphatic rings. The second-order valence-electron chi connectivity index (χ2n) is 5.07. The molecule has 3 aromatic rings. The second kappa shape index (κ2) is 5.53. The van der Waals surface area contributed by atoms with E-state index in [4.69, 9.17) is 4.42 Å². The van der Waals surface area contributed by atoms with Crippen LogP contribution in [-0.2, 0) is 13.1 Å². The minimum Gasteiger partial charge on any atom is -0.407 e. The van der Waals surface area contributed by atoms with Gasteiger partial charge in [0.15, 0.2) is 0 Å². The van der Waals surface area contributed by atoms with Gasteiger partial charge in [0.2, 0.25) is 5.89 Å². The van der Waals surface area contributed by atoms with Gasteiger partial charge in [-0.25, -0.2) is 4.98 Å². The van der Waals surface area contributed by atoms with Crippen LogP contribution < -0.4 is 10.2 Å². The fraction of sp³-hybridized carbons (Fsp3) is 0.357. The number of hydrogen-bond acceptors (Lipinski definition) is 6. The van der Waals surface area contributed by atoms with Crippen LogP contribution in [0.4, 0.5) is 6.01 Å². The number of aryl methyl sites for hydroxylation is 1.